The Balaban J connectivity index is 2.26. The first kappa shape index (κ1) is 14.3. The molecule has 0 bridgehead atoms. The number of nitrogens with two attached hydrogens (primary N) is 1. The number of thiazole rings is 1. The number of nitrogen functional groups attached to an aromatic ring is 1. The molecule has 2 rings (SSSR count). The summed E-state index contributed by atoms with van der Waals surface area (Å²) in [5, 5.41) is 3.38. The van der Waals surface area contributed by atoms with Crippen LogP contribution in [0, 0.1) is 6.92 Å². The van der Waals surface area contributed by atoms with Gasteiger partial charge in [-0.2, -0.15) is 0 Å². The Kier molecular flexibility index (Phi) is 4.24. The van der Waals surface area contributed by atoms with Crippen molar-refractivity contribution >= 4 is 28.1 Å². The fourth-order valence-electron chi connectivity index (χ4n) is 1.94. The number of aryl methyl sites for hydroxylation is 2. The predicted octanol–water partition coefficient (Wildman–Crippen LogP) is 2.86. The Labute approximate surface area is 121 Å². The molecule has 1 amide bonds. The van der Waals surface area contributed by atoms with Crippen LogP contribution >= 0.6 is 11.3 Å². The number of hydrogen-bond donors (Lipinski definition) is 2. The van der Waals surface area contributed by atoms with Crippen molar-refractivity contribution in [1.82, 2.24) is 4.98 Å². The molecule has 106 valence electrons. The summed E-state index contributed by atoms with van der Waals surface area (Å²) >= 11 is 1.46. The van der Waals surface area contributed by atoms with Gasteiger partial charge in [-0.1, -0.05) is 13.0 Å². The number of carbonyl (C=O) groups excluding carboxylic acids is 1. The maximum absolute atomic E-state index is 12.3. The molecular formula is C14H17N3O2S. The zero-order valence-electron chi connectivity index (χ0n) is 11.7. The van der Waals surface area contributed by atoms with Crippen LogP contribution in [0.4, 0.5) is 10.8 Å². The van der Waals surface area contributed by atoms with E-state index in [0.717, 1.165) is 17.0 Å². The third kappa shape index (κ3) is 2.75. The van der Waals surface area contributed by atoms with Crippen molar-refractivity contribution in [2.45, 2.75) is 20.3 Å². The van der Waals surface area contributed by atoms with Crippen LogP contribution in [0.15, 0.2) is 18.2 Å². The van der Waals surface area contributed by atoms with Crippen LogP contribution in [0.25, 0.3) is 0 Å². The molecule has 6 heteroatoms. The zero-order valence-corrected chi connectivity index (χ0v) is 12.5. The largest absolute Gasteiger partial charge is 0.494 e. The highest BCUT2D eigenvalue weighted by Gasteiger charge is 2.16. The molecule has 0 atom stereocenters. The zero-order chi connectivity index (χ0) is 14.7. The van der Waals surface area contributed by atoms with Crippen molar-refractivity contribution in [3.63, 3.8) is 0 Å². The van der Waals surface area contributed by atoms with Crippen molar-refractivity contribution in [2.75, 3.05) is 18.2 Å². The van der Waals surface area contributed by atoms with Gasteiger partial charge in [-0.25, -0.2) is 4.98 Å². The molecule has 0 unspecified atom stereocenters. The molecular weight excluding hydrogens is 274 g/mol. The normalized spacial score (nSPS) is 10.3. The summed E-state index contributed by atoms with van der Waals surface area (Å²) in [5.74, 6) is 0.111. The first-order valence-corrected chi connectivity index (χ1v) is 7.08. The Bertz CT molecular complexity index is 637. The van der Waals surface area contributed by atoms with Crippen molar-refractivity contribution in [2.24, 2.45) is 0 Å². The number of para-hydroxylation sites is 1. The Morgan fingerprint density at radius 3 is 2.85 bits per heavy atom. The van der Waals surface area contributed by atoms with Gasteiger partial charge in [0.25, 0.3) is 5.91 Å². The number of amides is 1. The van der Waals surface area contributed by atoms with Crippen molar-refractivity contribution < 1.29 is 9.53 Å². The lowest BCUT2D eigenvalue weighted by atomic mass is 10.1. The van der Waals surface area contributed by atoms with E-state index in [1.165, 1.54) is 18.4 Å². The topological polar surface area (TPSA) is 77.2 Å². The van der Waals surface area contributed by atoms with Gasteiger partial charge in [0.2, 0.25) is 0 Å². The third-order valence-electron chi connectivity index (χ3n) is 2.94. The monoisotopic (exact) mass is 291 g/mol. The fourth-order valence-corrected chi connectivity index (χ4v) is 2.83. The van der Waals surface area contributed by atoms with Crippen LogP contribution in [-0.2, 0) is 6.42 Å². The van der Waals surface area contributed by atoms with Gasteiger partial charge in [0.05, 0.1) is 24.1 Å². The minimum Gasteiger partial charge on any atom is -0.494 e. The number of nitrogens with one attached hydrogen (secondary N) is 1. The van der Waals surface area contributed by atoms with Gasteiger partial charge in [-0.15, -0.1) is 11.3 Å². The molecule has 1 aromatic carbocycles. The molecule has 0 saturated carbocycles. The van der Waals surface area contributed by atoms with Crippen LogP contribution in [0.2, 0.25) is 0 Å². The van der Waals surface area contributed by atoms with Gasteiger partial charge in [-0.3, -0.25) is 10.1 Å². The number of ether oxygens (including phenoxy) is 1. The Morgan fingerprint density at radius 1 is 1.50 bits per heavy atom. The van der Waals surface area contributed by atoms with Crippen LogP contribution in [-0.4, -0.2) is 18.0 Å². The molecule has 0 saturated heterocycles. The van der Waals surface area contributed by atoms with Crippen LogP contribution in [0.1, 0.15) is 27.9 Å². The quantitative estimate of drug-likeness (QED) is 0.849. The summed E-state index contributed by atoms with van der Waals surface area (Å²) < 4.78 is 5.18. The second kappa shape index (κ2) is 5.92. The Hall–Kier alpha value is -2.08. The lowest BCUT2D eigenvalue weighted by Gasteiger charge is -2.09. The standard InChI is InChI=1S/C14H17N3O2S/c1-4-11-8(2)20-14(16-11)17-13(18)9-6-5-7-10(15)12(9)19-3/h5-7H,4,15H2,1-3H3,(H,16,17,18). The van der Waals surface area contributed by atoms with E-state index < -0.39 is 0 Å². The van der Waals surface area contributed by atoms with E-state index in [-0.39, 0.29) is 5.91 Å². The molecule has 5 nitrogen and oxygen atoms in total. The number of aromatic nitrogens is 1. The Morgan fingerprint density at radius 2 is 2.25 bits per heavy atom. The summed E-state index contributed by atoms with van der Waals surface area (Å²) in [4.78, 5) is 17.8. The molecule has 3 N–H and O–H groups in total. The molecule has 0 aliphatic carbocycles. The second-order valence-corrected chi connectivity index (χ2v) is 5.46. The van der Waals surface area contributed by atoms with E-state index in [1.807, 2.05) is 13.8 Å². The first-order chi connectivity index (χ1) is 9.56. The highest BCUT2D eigenvalue weighted by molar-refractivity contribution is 7.15. The van der Waals surface area contributed by atoms with Crippen LogP contribution in [0.5, 0.6) is 5.75 Å². The van der Waals surface area contributed by atoms with Gasteiger partial charge in [0.1, 0.15) is 0 Å². The molecule has 0 radical (unpaired) electrons. The van der Waals surface area contributed by atoms with Gasteiger partial charge in [0, 0.05) is 4.88 Å². The summed E-state index contributed by atoms with van der Waals surface area (Å²) in [5.41, 5.74) is 7.64. The number of methoxy groups -OCH3 is 1. The van der Waals surface area contributed by atoms with E-state index in [0.29, 0.717) is 22.1 Å². The lowest BCUT2D eigenvalue weighted by molar-refractivity contribution is 0.102. The first-order valence-electron chi connectivity index (χ1n) is 6.27. The van der Waals surface area contributed by atoms with Crippen molar-refractivity contribution in [3.05, 3.63) is 34.3 Å². The molecule has 20 heavy (non-hydrogen) atoms. The predicted molar refractivity (Wildman–Crippen MR) is 81.6 cm³/mol. The maximum Gasteiger partial charge on any atom is 0.261 e. The number of hydrogen-bond acceptors (Lipinski definition) is 5. The highest BCUT2D eigenvalue weighted by atomic mass is 32.1. The van der Waals surface area contributed by atoms with Gasteiger partial charge in [0.15, 0.2) is 10.9 Å². The summed E-state index contributed by atoms with van der Waals surface area (Å²) in [7, 11) is 1.49. The number of nitrogens with zero attached hydrogens (tertiary/aromatic N) is 1. The van der Waals surface area contributed by atoms with Gasteiger partial charge >= 0.3 is 0 Å². The average molecular weight is 291 g/mol. The molecule has 0 aliphatic rings. The number of anilines is 2. The summed E-state index contributed by atoms with van der Waals surface area (Å²) in [6.07, 6.45) is 0.847. The van der Waals surface area contributed by atoms with E-state index >= 15 is 0 Å². The minimum absolute atomic E-state index is 0.273. The van der Waals surface area contributed by atoms with E-state index in [1.54, 1.807) is 18.2 Å². The summed E-state index contributed by atoms with van der Waals surface area (Å²) in [6.45, 7) is 4.03. The number of carbonyl (C=O) groups is 1. The van der Waals surface area contributed by atoms with E-state index in [4.69, 9.17) is 10.5 Å². The van der Waals surface area contributed by atoms with Crippen LogP contribution in [0.3, 0.4) is 0 Å². The smallest absolute Gasteiger partial charge is 0.261 e. The van der Waals surface area contributed by atoms with Crippen molar-refractivity contribution in [3.8, 4) is 5.75 Å². The molecule has 1 aromatic heterocycles. The van der Waals surface area contributed by atoms with Gasteiger partial charge in [-0.05, 0) is 25.5 Å². The number of rotatable bonds is 4. The van der Waals surface area contributed by atoms with E-state index in [2.05, 4.69) is 10.3 Å². The molecule has 0 spiro atoms. The van der Waals surface area contributed by atoms with Gasteiger partial charge < -0.3 is 10.5 Å². The molecule has 0 aliphatic heterocycles. The van der Waals surface area contributed by atoms with E-state index in [9.17, 15) is 4.79 Å². The highest BCUT2D eigenvalue weighted by Crippen LogP contribution is 2.28. The van der Waals surface area contributed by atoms with Crippen molar-refractivity contribution in [1.29, 1.82) is 0 Å². The molecule has 0 fully saturated rings. The SMILES string of the molecule is CCc1nc(NC(=O)c2cccc(N)c2OC)sc1C. The lowest BCUT2D eigenvalue weighted by Crippen LogP contribution is -2.13. The maximum atomic E-state index is 12.3. The molecule has 1 heterocycles. The second-order valence-electron chi connectivity index (χ2n) is 4.26. The average Bonchev–Trinajstić information content (AvgIpc) is 2.78. The minimum atomic E-state index is -0.273. The third-order valence-corrected chi connectivity index (χ3v) is 3.87. The van der Waals surface area contributed by atoms with Crippen LogP contribution < -0.4 is 15.8 Å². The summed E-state index contributed by atoms with van der Waals surface area (Å²) in [6, 6.07) is 5.08. The number of benzene rings is 1. The fraction of sp³-hybridized carbons (Fsp3) is 0.286. The molecule has 2 aromatic rings.